The Bertz CT molecular complexity index is 1020. The molecule has 1 saturated heterocycles. The normalized spacial score (nSPS) is 32.5. The number of ether oxygens (including phenoxy) is 1. The van der Waals surface area contributed by atoms with Gasteiger partial charge in [0, 0.05) is 23.2 Å². The Kier molecular flexibility index (Phi) is 3.90. The monoisotopic (exact) mass is 381 g/mol. The highest BCUT2D eigenvalue weighted by Crippen LogP contribution is 2.54. The highest BCUT2D eigenvalue weighted by atomic mass is 16.5. The maximum atomic E-state index is 10.9. The second-order valence-corrected chi connectivity index (χ2v) is 8.01. The standard InChI is InChI=1S/C20H23N5O3/c1-11-13-4-5-25(19(13)24-10-23-11)14-6-20(18(27)17(14)26)7-15(28-9-20)12-2-3-16(21)22-8-12/h2-5,8,10,14-15,17-18,26-27H,6-7,9H2,1H3,(H2,21,22). The lowest BCUT2D eigenvalue weighted by molar-refractivity contribution is -0.0309. The van der Waals surface area contributed by atoms with Gasteiger partial charge in [0.2, 0.25) is 0 Å². The van der Waals surface area contributed by atoms with Gasteiger partial charge in [-0.1, -0.05) is 6.07 Å². The van der Waals surface area contributed by atoms with Gasteiger partial charge in [-0.2, -0.15) is 0 Å². The number of fused-ring (bicyclic) bond motifs is 1. The van der Waals surface area contributed by atoms with Crippen LogP contribution in [0.15, 0.2) is 36.9 Å². The van der Waals surface area contributed by atoms with Crippen LogP contribution in [0.4, 0.5) is 5.82 Å². The molecule has 0 amide bonds. The summed E-state index contributed by atoms with van der Waals surface area (Å²) >= 11 is 0. The van der Waals surface area contributed by atoms with Crippen molar-refractivity contribution in [3.63, 3.8) is 0 Å². The molecular formula is C20H23N5O3. The molecule has 146 valence electrons. The van der Waals surface area contributed by atoms with Gasteiger partial charge in [0.15, 0.2) is 0 Å². The fraction of sp³-hybridized carbons (Fsp3) is 0.450. The van der Waals surface area contributed by atoms with Crippen LogP contribution in [0.1, 0.15) is 36.2 Å². The highest BCUT2D eigenvalue weighted by molar-refractivity contribution is 5.78. The molecule has 8 nitrogen and oxygen atoms in total. The molecule has 4 heterocycles. The molecule has 5 rings (SSSR count). The Balaban J connectivity index is 1.45. The van der Waals surface area contributed by atoms with E-state index in [0.29, 0.717) is 25.3 Å². The molecule has 5 atom stereocenters. The topological polar surface area (TPSA) is 119 Å². The number of pyridine rings is 1. The summed E-state index contributed by atoms with van der Waals surface area (Å²) in [5, 5.41) is 22.8. The van der Waals surface area contributed by atoms with Crippen LogP contribution in [0.5, 0.6) is 0 Å². The molecule has 1 spiro atoms. The zero-order valence-electron chi connectivity index (χ0n) is 15.6. The van der Waals surface area contributed by atoms with E-state index in [4.69, 9.17) is 10.5 Å². The Morgan fingerprint density at radius 3 is 2.82 bits per heavy atom. The molecule has 1 saturated carbocycles. The molecule has 0 bridgehead atoms. The van der Waals surface area contributed by atoms with Crippen LogP contribution in [-0.2, 0) is 4.74 Å². The number of aromatic nitrogens is 4. The Labute approximate surface area is 162 Å². The number of hydrogen-bond acceptors (Lipinski definition) is 7. The van der Waals surface area contributed by atoms with Crippen molar-refractivity contribution in [2.45, 2.75) is 44.1 Å². The minimum atomic E-state index is -0.891. The molecule has 8 heteroatoms. The molecule has 1 aliphatic heterocycles. The second-order valence-electron chi connectivity index (χ2n) is 8.01. The van der Waals surface area contributed by atoms with E-state index in [9.17, 15) is 10.2 Å². The quantitative estimate of drug-likeness (QED) is 0.616. The molecule has 4 N–H and O–H groups in total. The predicted octanol–water partition coefficient (Wildman–Crippen LogP) is 1.53. The summed E-state index contributed by atoms with van der Waals surface area (Å²) in [5.74, 6) is 0.463. The van der Waals surface area contributed by atoms with Crippen molar-refractivity contribution >= 4 is 16.9 Å². The van der Waals surface area contributed by atoms with Crippen molar-refractivity contribution in [2.24, 2.45) is 5.41 Å². The summed E-state index contributed by atoms with van der Waals surface area (Å²) in [5.41, 5.74) is 7.77. The first-order valence-electron chi connectivity index (χ1n) is 9.46. The molecule has 1 aliphatic carbocycles. The number of nitrogens with two attached hydrogens (primary N) is 1. The second kappa shape index (κ2) is 6.23. The van der Waals surface area contributed by atoms with Gasteiger partial charge >= 0.3 is 0 Å². The summed E-state index contributed by atoms with van der Waals surface area (Å²) in [6.45, 7) is 2.33. The van der Waals surface area contributed by atoms with Crippen LogP contribution in [-0.4, -0.2) is 48.5 Å². The van der Waals surface area contributed by atoms with Gasteiger partial charge in [-0.3, -0.25) is 0 Å². The summed E-state index contributed by atoms with van der Waals surface area (Å²) < 4.78 is 7.98. The minimum Gasteiger partial charge on any atom is -0.390 e. The summed E-state index contributed by atoms with van der Waals surface area (Å²) in [6.07, 6.45) is 4.48. The summed E-state index contributed by atoms with van der Waals surface area (Å²) in [6, 6.07) is 5.34. The Morgan fingerprint density at radius 1 is 1.18 bits per heavy atom. The largest absolute Gasteiger partial charge is 0.390 e. The number of anilines is 1. The fourth-order valence-corrected chi connectivity index (χ4v) is 4.78. The van der Waals surface area contributed by atoms with Crippen molar-refractivity contribution in [1.29, 1.82) is 0 Å². The molecule has 2 aliphatic rings. The molecule has 28 heavy (non-hydrogen) atoms. The van der Waals surface area contributed by atoms with Gasteiger partial charge in [-0.25, -0.2) is 15.0 Å². The zero-order valence-corrected chi connectivity index (χ0v) is 15.6. The highest BCUT2D eigenvalue weighted by Gasteiger charge is 2.57. The Morgan fingerprint density at radius 2 is 2.04 bits per heavy atom. The first-order chi connectivity index (χ1) is 13.5. The predicted molar refractivity (Wildman–Crippen MR) is 102 cm³/mol. The van der Waals surface area contributed by atoms with E-state index in [-0.39, 0.29) is 12.1 Å². The van der Waals surface area contributed by atoms with Crippen LogP contribution in [0, 0.1) is 12.3 Å². The maximum Gasteiger partial charge on any atom is 0.143 e. The number of nitrogens with zero attached hydrogens (tertiary/aromatic N) is 4. The van der Waals surface area contributed by atoms with E-state index in [1.54, 1.807) is 12.3 Å². The zero-order chi connectivity index (χ0) is 19.5. The number of aliphatic hydroxyl groups is 2. The third-order valence-electron chi connectivity index (χ3n) is 6.37. The summed E-state index contributed by atoms with van der Waals surface area (Å²) in [4.78, 5) is 12.8. The lowest BCUT2D eigenvalue weighted by Crippen LogP contribution is -2.37. The van der Waals surface area contributed by atoms with Crippen molar-refractivity contribution in [3.8, 4) is 0 Å². The van der Waals surface area contributed by atoms with E-state index in [2.05, 4.69) is 15.0 Å². The van der Waals surface area contributed by atoms with Crippen LogP contribution >= 0.6 is 0 Å². The minimum absolute atomic E-state index is 0.167. The fourth-order valence-electron chi connectivity index (χ4n) is 4.78. The number of aryl methyl sites for hydroxylation is 1. The first kappa shape index (κ1) is 17.5. The van der Waals surface area contributed by atoms with Gasteiger partial charge in [0.25, 0.3) is 0 Å². The van der Waals surface area contributed by atoms with E-state index >= 15 is 0 Å². The van der Waals surface area contributed by atoms with Crippen molar-refractivity contribution in [1.82, 2.24) is 19.5 Å². The van der Waals surface area contributed by atoms with E-state index in [1.807, 2.05) is 29.8 Å². The molecular weight excluding hydrogens is 358 g/mol. The molecule has 5 unspecified atom stereocenters. The third-order valence-corrected chi connectivity index (χ3v) is 6.37. The first-order valence-corrected chi connectivity index (χ1v) is 9.46. The number of rotatable bonds is 2. The van der Waals surface area contributed by atoms with Crippen LogP contribution in [0.25, 0.3) is 11.0 Å². The third kappa shape index (κ3) is 2.52. The summed E-state index contributed by atoms with van der Waals surface area (Å²) in [7, 11) is 0. The molecule has 3 aromatic rings. The van der Waals surface area contributed by atoms with Gasteiger partial charge in [-0.05, 0) is 37.5 Å². The van der Waals surface area contributed by atoms with E-state index in [0.717, 1.165) is 22.3 Å². The molecule has 3 aromatic heterocycles. The van der Waals surface area contributed by atoms with Crippen molar-refractivity contribution in [3.05, 3.63) is 48.2 Å². The van der Waals surface area contributed by atoms with Gasteiger partial charge in [0.05, 0.1) is 30.6 Å². The van der Waals surface area contributed by atoms with Gasteiger partial charge < -0.3 is 25.3 Å². The van der Waals surface area contributed by atoms with Crippen molar-refractivity contribution in [2.75, 3.05) is 12.3 Å². The average molecular weight is 381 g/mol. The van der Waals surface area contributed by atoms with Gasteiger partial charge in [-0.15, -0.1) is 0 Å². The van der Waals surface area contributed by atoms with E-state index in [1.165, 1.54) is 6.33 Å². The molecule has 0 aromatic carbocycles. The lowest BCUT2D eigenvalue weighted by Gasteiger charge is -2.26. The van der Waals surface area contributed by atoms with Crippen LogP contribution in [0.2, 0.25) is 0 Å². The smallest absolute Gasteiger partial charge is 0.143 e. The number of nitrogen functional groups attached to an aromatic ring is 1. The number of aliphatic hydroxyl groups excluding tert-OH is 2. The molecule has 0 radical (unpaired) electrons. The SMILES string of the molecule is Cc1ncnc2c1ccn2C1CC2(COC(c3ccc(N)nc3)C2)C(O)C1O. The number of hydrogen-bond donors (Lipinski definition) is 3. The van der Waals surface area contributed by atoms with Gasteiger partial charge in [0.1, 0.15) is 23.9 Å². The van der Waals surface area contributed by atoms with Crippen LogP contribution in [0.3, 0.4) is 0 Å². The average Bonchev–Trinajstić information content (AvgIpc) is 3.37. The molecule has 2 fully saturated rings. The maximum absolute atomic E-state index is 10.9. The Hall–Kier alpha value is -2.55. The van der Waals surface area contributed by atoms with Crippen molar-refractivity contribution < 1.29 is 14.9 Å². The lowest BCUT2D eigenvalue weighted by atomic mass is 9.80. The van der Waals surface area contributed by atoms with E-state index < -0.39 is 17.6 Å². The van der Waals surface area contributed by atoms with Crippen LogP contribution < -0.4 is 5.73 Å².